The van der Waals surface area contributed by atoms with E-state index < -0.39 is 5.41 Å². The van der Waals surface area contributed by atoms with Crippen molar-refractivity contribution in [2.75, 3.05) is 5.32 Å². The van der Waals surface area contributed by atoms with Gasteiger partial charge in [-0.2, -0.15) is 10.5 Å². The van der Waals surface area contributed by atoms with Crippen molar-refractivity contribution in [1.82, 2.24) is 0 Å². The van der Waals surface area contributed by atoms with Gasteiger partial charge in [-0.25, -0.2) is 0 Å². The predicted octanol–water partition coefficient (Wildman–Crippen LogP) is 2.63. The first-order valence-corrected chi connectivity index (χ1v) is 6.28. The van der Waals surface area contributed by atoms with Crippen LogP contribution in [0.25, 0.3) is 0 Å². The molecule has 1 fully saturated rings. The van der Waals surface area contributed by atoms with Crippen molar-refractivity contribution in [3.05, 3.63) is 29.8 Å². The van der Waals surface area contributed by atoms with Crippen LogP contribution < -0.4 is 5.32 Å². The van der Waals surface area contributed by atoms with E-state index in [-0.39, 0.29) is 5.91 Å². The van der Waals surface area contributed by atoms with E-state index in [2.05, 4.69) is 17.5 Å². The summed E-state index contributed by atoms with van der Waals surface area (Å²) in [4.78, 5) is 12.1. The SMILES string of the molecule is CC1CC(C#N)(C(=O)Nc2ccc(CC#N)cc2)C1. The maximum absolute atomic E-state index is 12.1. The summed E-state index contributed by atoms with van der Waals surface area (Å²) in [5.41, 5.74) is 0.721. The smallest absolute Gasteiger partial charge is 0.244 e. The highest BCUT2D eigenvalue weighted by Gasteiger charge is 2.48. The summed E-state index contributed by atoms with van der Waals surface area (Å²) in [7, 11) is 0. The van der Waals surface area contributed by atoms with Crippen LogP contribution in [-0.2, 0) is 11.2 Å². The second-order valence-electron chi connectivity index (χ2n) is 5.19. The number of rotatable bonds is 3. The lowest BCUT2D eigenvalue weighted by Gasteiger charge is -2.39. The van der Waals surface area contributed by atoms with Gasteiger partial charge >= 0.3 is 0 Å². The minimum atomic E-state index is -0.856. The molecule has 0 saturated heterocycles. The van der Waals surface area contributed by atoms with Gasteiger partial charge in [-0.1, -0.05) is 19.1 Å². The van der Waals surface area contributed by atoms with Gasteiger partial charge < -0.3 is 5.32 Å². The van der Waals surface area contributed by atoms with E-state index in [1.165, 1.54) is 0 Å². The van der Waals surface area contributed by atoms with Crippen LogP contribution in [0.5, 0.6) is 0 Å². The van der Waals surface area contributed by atoms with Crippen LogP contribution in [0, 0.1) is 34.0 Å². The van der Waals surface area contributed by atoms with E-state index >= 15 is 0 Å². The molecule has 19 heavy (non-hydrogen) atoms. The number of hydrogen-bond donors (Lipinski definition) is 1. The molecule has 1 aliphatic carbocycles. The minimum Gasteiger partial charge on any atom is -0.325 e. The molecule has 2 rings (SSSR count). The molecule has 4 nitrogen and oxygen atoms in total. The van der Waals surface area contributed by atoms with Crippen LogP contribution in [0.1, 0.15) is 25.3 Å². The number of carbonyl (C=O) groups is 1. The lowest BCUT2D eigenvalue weighted by atomic mass is 9.63. The molecule has 0 atom stereocenters. The maximum atomic E-state index is 12.1. The quantitative estimate of drug-likeness (QED) is 0.899. The predicted molar refractivity (Wildman–Crippen MR) is 70.8 cm³/mol. The highest BCUT2D eigenvalue weighted by molar-refractivity contribution is 5.97. The van der Waals surface area contributed by atoms with Crippen molar-refractivity contribution in [3.63, 3.8) is 0 Å². The zero-order chi connectivity index (χ0) is 13.9. The van der Waals surface area contributed by atoms with E-state index in [1.807, 2.05) is 6.92 Å². The Hall–Kier alpha value is -2.33. The summed E-state index contributed by atoms with van der Waals surface area (Å²) in [6.45, 7) is 2.04. The molecule has 1 aromatic carbocycles. The molecule has 1 amide bonds. The topological polar surface area (TPSA) is 76.7 Å². The maximum Gasteiger partial charge on any atom is 0.244 e. The number of carbonyl (C=O) groups excluding carboxylic acids is 1. The van der Waals surface area contributed by atoms with E-state index in [1.54, 1.807) is 24.3 Å². The summed E-state index contributed by atoms with van der Waals surface area (Å²) >= 11 is 0. The van der Waals surface area contributed by atoms with Crippen LogP contribution >= 0.6 is 0 Å². The first-order valence-electron chi connectivity index (χ1n) is 6.28. The van der Waals surface area contributed by atoms with Gasteiger partial charge in [0.05, 0.1) is 18.6 Å². The van der Waals surface area contributed by atoms with Crippen LogP contribution in [-0.4, -0.2) is 5.91 Å². The monoisotopic (exact) mass is 253 g/mol. The van der Waals surface area contributed by atoms with Crippen molar-refractivity contribution in [2.45, 2.75) is 26.2 Å². The zero-order valence-electron chi connectivity index (χ0n) is 10.8. The Morgan fingerprint density at radius 1 is 1.37 bits per heavy atom. The van der Waals surface area contributed by atoms with Crippen molar-refractivity contribution in [3.8, 4) is 12.1 Å². The molecular formula is C15H15N3O. The number of hydrogen-bond acceptors (Lipinski definition) is 3. The summed E-state index contributed by atoms with van der Waals surface area (Å²) in [5.74, 6) is 0.213. The van der Waals surface area contributed by atoms with Gasteiger partial charge in [-0.15, -0.1) is 0 Å². The van der Waals surface area contributed by atoms with Crippen molar-refractivity contribution < 1.29 is 4.79 Å². The molecule has 1 saturated carbocycles. The summed E-state index contributed by atoms with van der Waals surface area (Å²) in [5, 5.41) is 20.5. The van der Waals surface area contributed by atoms with E-state index in [0.29, 0.717) is 30.9 Å². The summed E-state index contributed by atoms with van der Waals surface area (Å²) in [6, 6.07) is 11.3. The number of nitrogens with zero attached hydrogens (tertiary/aromatic N) is 2. The number of anilines is 1. The van der Waals surface area contributed by atoms with Gasteiger partial charge in [0.2, 0.25) is 5.91 Å². The third-order valence-electron chi connectivity index (χ3n) is 3.54. The van der Waals surface area contributed by atoms with Gasteiger partial charge in [0.15, 0.2) is 0 Å². The number of amides is 1. The van der Waals surface area contributed by atoms with Gasteiger partial charge in [0.1, 0.15) is 5.41 Å². The second-order valence-corrected chi connectivity index (χ2v) is 5.19. The molecule has 1 aromatic rings. The average molecular weight is 253 g/mol. The molecule has 0 aliphatic heterocycles. The molecule has 0 aromatic heterocycles. The molecule has 0 bridgehead atoms. The zero-order valence-corrected chi connectivity index (χ0v) is 10.8. The molecule has 0 spiro atoms. The largest absolute Gasteiger partial charge is 0.325 e. The third kappa shape index (κ3) is 2.58. The van der Waals surface area contributed by atoms with Crippen molar-refractivity contribution >= 4 is 11.6 Å². The first kappa shape index (κ1) is 13.1. The Labute approximate surface area is 112 Å². The number of benzene rings is 1. The van der Waals surface area contributed by atoms with Gasteiger partial charge in [0.25, 0.3) is 0 Å². The fraction of sp³-hybridized carbons (Fsp3) is 0.400. The van der Waals surface area contributed by atoms with Crippen LogP contribution in [0.15, 0.2) is 24.3 Å². The van der Waals surface area contributed by atoms with Crippen LogP contribution in [0.4, 0.5) is 5.69 Å². The molecule has 0 radical (unpaired) electrons. The summed E-state index contributed by atoms with van der Waals surface area (Å²) in [6.07, 6.45) is 1.61. The van der Waals surface area contributed by atoms with Gasteiger partial charge in [-0.3, -0.25) is 4.79 Å². The second kappa shape index (κ2) is 5.12. The molecule has 0 unspecified atom stereocenters. The fourth-order valence-corrected chi connectivity index (χ4v) is 2.51. The van der Waals surface area contributed by atoms with Gasteiger partial charge in [-0.05, 0) is 36.5 Å². The highest BCUT2D eigenvalue weighted by Crippen LogP contribution is 2.45. The Kier molecular flexibility index (Phi) is 3.53. The van der Waals surface area contributed by atoms with Gasteiger partial charge in [0, 0.05) is 5.69 Å². The lowest BCUT2D eigenvalue weighted by molar-refractivity contribution is -0.128. The van der Waals surface area contributed by atoms with Crippen molar-refractivity contribution in [1.29, 1.82) is 10.5 Å². The van der Waals surface area contributed by atoms with Crippen LogP contribution in [0.2, 0.25) is 0 Å². The fourth-order valence-electron chi connectivity index (χ4n) is 2.51. The molecule has 0 heterocycles. The van der Waals surface area contributed by atoms with E-state index in [4.69, 9.17) is 10.5 Å². The standard InChI is InChI=1S/C15H15N3O/c1-11-8-15(9-11,10-17)14(19)18-13-4-2-12(3-5-13)6-7-16/h2-5,11H,6,8-9H2,1H3,(H,18,19). The Morgan fingerprint density at radius 3 is 2.47 bits per heavy atom. The number of nitrogens with one attached hydrogen (secondary N) is 1. The summed E-state index contributed by atoms with van der Waals surface area (Å²) < 4.78 is 0. The third-order valence-corrected chi connectivity index (χ3v) is 3.54. The highest BCUT2D eigenvalue weighted by atomic mass is 16.2. The lowest BCUT2D eigenvalue weighted by Crippen LogP contribution is -2.45. The number of nitriles is 2. The minimum absolute atomic E-state index is 0.221. The molecule has 4 heteroatoms. The normalized spacial score (nSPS) is 24.7. The molecule has 1 N–H and O–H groups in total. The van der Waals surface area contributed by atoms with E-state index in [9.17, 15) is 4.79 Å². The Morgan fingerprint density at radius 2 is 2.00 bits per heavy atom. The molecule has 1 aliphatic rings. The molecule has 96 valence electrons. The Bertz CT molecular complexity index is 557. The molecular weight excluding hydrogens is 238 g/mol. The Balaban J connectivity index is 2.03. The van der Waals surface area contributed by atoms with Crippen molar-refractivity contribution in [2.24, 2.45) is 11.3 Å². The van der Waals surface area contributed by atoms with E-state index in [0.717, 1.165) is 5.56 Å². The van der Waals surface area contributed by atoms with Crippen LogP contribution in [0.3, 0.4) is 0 Å². The average Bonchev–Trinajstić information content (AvgIpc) is 2.37. The first-order chi connectivity index (χ1) is 9.09.